The monoisotopic (exact) mass is 719 g/mol. The Morgan fingerprint density at radius 2 is 1.25 bits per heavy atom. The number of benzene rings is 2. The molecule has 288 valence electrons. The van der Waals surface area contributed by atoms with E-state index in [2.05, 4.69) is 66.6 Å². The molecule has 0 radical (unpaired) electrons. The molecule has 0 spiro atoms. The van der Waals surface area contributed by atoms with Gasteiger partial charge in [-0.15, -0.1) is 6.58 Å². The summed E-state index contributed by atoms with van der Waals surface area (Å²) in [6, 6.07) is 16.0. The van der Waals surface area contributed by atoms with Gasteiger partial charge in [0.1, 0.15) is 0 Å². The van der Waals surface area contributed by atoms with Gasteiger partial charge in [-0.2, -0.15) is 0 Å². The molecule has 10 aliphatic rings. The van der Waals surface area contributed by atoms with Crippen LogP contribution < -0.4 is 0 Å². The van der Waals surface area contributed by atoms with Crippen LogP contribution in [0, 0.1) is 61.2 Å². The fraction of sp³-hybridized carbons (Fsp3) is 0.714. The number of aliphatic hydroxyl groups is 1. The van der Waals surface area contributed by atoms with Gasteiger partial charge in [-0.05, 0) is 174 Å². The zero-order valence-electron chi connectivity index (χ0n) is 31.4. The number of nitrogens with zero attached hydrogens (tertiary/aromatic N) is 2. The van der Waals surface area contributed by atoms with Gasteiger partial charge < -0.3 is 9.84 Å². The number of ether oxygens (including phenoxy) is 1. The zero-order valence-corrected chi connectivity index (χ0v) is 31.4. The SMILES string of the molecule is C.C.C=CCOC1C[C@]23CCN(CC4CC4)[C@H](Cc4ccc(C)cc42)C3C2CC12.Cc1ccc2c(c1)[C@]13CCN(CC4CC4)[C@H](C2)C1C1CC1C(O)C3. The molecule has 0 aromatic heterocycles. The highest BCUT2D eigenvalue weighted by Crippen LogP contribution is 2.68. The third-order valence-electron chi connectivity index (χ3n) is 16.8. The highest BCUT2D eigenvalue weighted by atomic mass is 16.5. The fourth-order valence-corrected chi connectivity index (χ4v) is 14.2. The highest BCUT2D eigenvalue weighted by Gasteiger charge is 2.68. The van der Waals surface area contributed by atoms with Crippen molar-refractivity contribution in [2.45, 2.75) is 141 Å². The summed E-state index contributed by atoms with van der Waals surface area (Å²) in [6.07, 6.45) is 18.3. The zero-order chi connectivity index (χ0) is 34.2. The van der Waals surface area contributed by atoms with E-state index in [0.29, 0.717) is 24.0 Å². The highest BCUT2D eigenvalue weighted by molar-refractivity contribution is 5.46. The van der Waals surface area contributed by atoms with E-state index >= 15 is 0 Å². The van der Waals surface area contributed by atoms with Crippen molar-refractivity contribution in [2.24, 2.45) is 47.3 Å². The van der Waals surface area contributed by atoms with Gasteiger partial charge in [-0.1, -0.05) is 68.5 Å². The number of likely N-dealkylation sites (tertiary alicyclic amines) is 2. The summed E-state index contributed by atoms with van der Waals surface area (Å²) in [7, 11) is 0. The van der Waals surface area contributed by atoms with Crippen molar-refractivity contribution in [3.63, 3.8) is 0 Å². The molecule has 8 unspecified atom stereocenters. The Morgan fingerprint density at radius 1 is 0.736 bits per heavy atom. The average molecular weight is 719 g/mol. The maximum atomic E-state index is 10.8. The van der Waals surface area contributed by atoms with Gasteiger partial charge in [0.25, 0.3) is 0 Å². The molecule has 0 amide bonds. The normalized spacial score (nSPS) is 42.2. The van der Waals surface area contributed by atoms with Crippen LogP contribution in [0.2, 0.25) is 0 Å². The van der Waals surface area contributed by atoms with E-state index in [0.717, 1.165) is 59.9 Å². The average Bonchev–Trinajstić information content (AvgIpc) is 3.93. The molecule has 8 fully saturated rings. The molecule has 12 atom stereocenters. The van der Waals surface area contributed by atoms with E-state index in [-0.39, 0.29) is 26.4 Å². The van der Waals surface area contributed by atoms with Crippen LogP contribution >= 0.6 is 0 Å². The first-order valence-corrected chi connectivity index (χ1v) is 21.4. The lowest BCUT2D eigenvalue weighted by atomic mass is 9.51. The number of hydrogen-bond acceptors (Lipinski definition) is 4. The second kappa shape index (κ2) is 13.3. The summed E-state index contributed by atoms with van der Waals surface area (Å²) in [4.78, 5) is 5.79. The molecule has 53 heavy (non-hydrogen) atoms. The molecule has 4 bridgehead atoms. The number of aliphatic hydroxyl groups excluding tert-OH is 1. The molecule has 2 heterocycles. The molecule has 6 saturated carbocycles. The third-order valence-corrected chi connectivity index (χ3v) is 16.8. The van der Waals surface area contributed by atoms with Crippen molar-refractivity contribution < 1.29 is 9.84 Å². The van der Waals surface area contributed by atoms with Gasteiger partial charge in [0, 0.05) is 36.0 Å². The quantitative estimate of drug-likeness (QED) is 0.290. The Labute approximate surface area is 322 Å². The minimum atomic E-state index is -0.0478. The fourth-order valence-electron chi connectivity index (χ4n) is 14.2. The van der Waals surface area contributed by atoms with Crippen molar-refractivity contribution >= 4 is 0 Å². The molecule has 12 rings (SSSR count). The number of rotatable bonds is 7. The van der Waals surface area contributed by atoms with Crippen molar-refractivity contribution in [3.05, 3.63) is 82.4 Å². The maximum Gasteiger partial charge on any atom is 0.0648 e. The van der Waals surface area contributed by atoms with E-state index in [9.17, 15) is 5.11 Å². The minimum Gasteiger partial charge on any atom is -0.393 e. The summed E-state index contributed by atoms with van der Waals surface area (Å²) in [5.41, 5.74) is 10.0. The van der Waals surface area contributed by atoms with Gasteiger partial charge in [0.15, 0.2) is 0 Å². The number of hydrogen-bond donors (Lipinski definition) is 1. The Hall–Kier alpha value is -1.98. The summed E-state index contributed by atoms with van der Waals surface area (Å²) < 4.78 is 6.34. The van der Waals surface area contributed by atoms with Crippen molar-refractivity contribution in [1.29, 1.82) is 0 Å². The lowest BCUT2D eigenvalue weighted by Gasteiger charge is -2.60. The van der Waals surface area contributed by atoms with Gasteiger partial charge >= 0.3 is 0 Å². The Morgan fingerprint density at radius 3 is 1.77 bits per heavy atom. The second-order valence-electron chi connectivity index (χ2n) is 19.9. The van der Waals surface area contributed by atoms with Crippen LogP contribution in [0.5, 0.6) is 0 Å². The van der Waals surface area contributed by atoms with Crippen LogP contribution in [-0.4, -0.2) is 72.0 Å². The standard InChI is InChI=1S/C25H33NO.C22H29NO.2CH4/c1-3-10-27-23-14-25-8-9-26(15-17-5-6-17)22(24(25)20-13-19(20)23)12-18-7-4-16(2)11-21(18)25;1-13-2-5-15-9-19-21-17-10-16(17)20(24)11-22(21,18(15)8-13)6-7-23(19)12-14-3-4-14;;/h3-4,7,11,17,19-20,22-24H,1,5-6,8-10,12-15H2,2H3;2,5,8,14,16-17,19-21,24H,3-4,6-7,9-12H2,1H3;2*1H4/t19?,20?,22-,23?,24?,25-;16?,17?,19-,20?,21?,22-;;/m11../s1. The van der Waals surface area contributed by atoms with E-state index in [1.165, 1.54) is 108 Å². The molecule has 2 saturated heterocycles. The Kier molecular flexibility index (Phi) is 9.20. The van der Waals surface area contributed by atoms with E-state index in [1.54, 1.807) is 22.3 Å². The largest absolute Gasteiger partial charge is 0.393 e. The van der Waals surface area contributed by atoms with Crippen LogP contribution in [0.25, 0.3) is 0 Å². The first-order chi connectivity index (χ1) is 24.8. The van der Waals surface area contributed by atoms with Crippen LogP contribution in [0.4, 0.5) is 0 Å². The smallest absolute Gasteiger partial charge is 0.0648 e. The Bertz CT molecular complexity index is 1710. The molecule has 2 aromatic rings. The summed E-state index contributed by atoms with van der Waals surface area (Å²) >= 11 is 0. The molecule has 2 aromatic carbocycles. The molecule has 2 aliphatic heterocycles. The molecule has 4 nitrogen and oxygen atoms in total. The predicted octanol–water partition coefficient (Wildman–Crippen LogP) is 9.06. The molecule has 4 heteroatoms. The molecular formula is C49H70N2O2. The van der Waals surface area contributed by atoms with Crippen molar-refractivity contribution in [3.8, 4) is 0 Å². The molecule has 8 aliphatic carbocycles. The number of piperidine rings is 2. The van der Waals surface area contributed by atoms with Gasteiger partial charge in [0.05, 0.1) is 18.8 Å². The van der Waals surface area contributed by atoms with Gasteiger partial charge in [-0.3, -0.25) is 9.80 Å². The van der Waals surface area contributed by atoms with Crippen LogP contribution in [0.3, 0.4) is 0 Å². The predicted molar refractivity (Wildman–Crippen MR) is 217 cm³/mol. The summed E-state index contributed by atoms with van der Waals surface area (Å²) in [6.45, 7) is 14.4. The summed E-state index contributed by atoms with van der Waals surface area (Å²) in [5, 5.41) is 10.8. The van der Waals surface area contributed by atoms with Gasteiger partial charge in [-0.25, -0.2) is 0 Å². The topological polar surface area (TPSA) is 35.9 Å². The maximum absolute atomic E-state index is 10.8. The molecular weight excluding hydrogens is 649 g/mol. The lowest BCUT2D eigenvalue weighted by molar-refractivity contribution is -0.0729. The number of aryl methyl sites for hydroxylation is 2. The number of fused-ring (bicyclic) bond motifs is 4. The van der Waals surface area contributed by atoms with E-state index in [4.69, 9.17) is 4.74 Å². The second-order valence-corrected chi connectivity index (χ2v) is 19.9. The van der Waals surface area contributed by atoms with Crippen LogP contribution in [0.1, 0.15) is 112 Å². The van der Waals surface area contributed by atoms with Gasteiger partial charge in [0.2, 0.25) is 0 Å². The van der Waals surface area contributed by atoms with Crippen molar-refractivity contribution in [1.82, 2.24) is 9.80 Å². The van der Waals surface area contributed by atoms with E-state index in [1.807, 2.05) is 6.08 Å². The lowest BCUT2D eigenvalue weighted by Crippen LogP contribution is -2.63. The first-order valence-electron chi connectivity index (χ1n) is 21.4. The van der Waals surface area contributed by atoms with E-state index < -0.39 is 0 Å². The molecule has 1 N–H and O–H groups in total. The Balaban J connectivity index is 0.000000136. The van der Waals surface area contributed by atoms with Crippen LogP contribution in [0.15, 0.2) is 49.1 Å². The first kappa shape index (κ1) is 36.6. The summed E-state index contributed by atoms with van der Waals surface area (Å²) in [5.74, 6) is 6.81. The van der Waals surface area contributed by atoms with Crippen molar-refractivity contribution in [2.75, 3.05) is 32.8 Å². The third kappa shape index (κ3) is 5.88. The van der Waals surface area contributed by atoms with Crippen LogP contribution in [-0.2, 0) is 28.4 Å². The minimum absolute atomic E-state index is 0.